The fourth-order valence-corrected chi connectivity index (χ4v) is 6.67. The van der Waals surface area contributed by atoms with Crippen molar-refractivity contribution in [3.8, 4) is 5.75 Å². The molecular formula is C30H31N3O4S. The lowest BCUT2D eigenvalue weighted by molar-refractivity contribution is 0.0683. The Morgan fingerprint density at radius 2 is 1.55 bits per heavy atom. The second-order valence-electron chi connectivity index (χ2n) is 10.1. The first-order chi connectivity index (χ1) is 18.6. The van der Waals surface area contributed by atoms with E-state index in [0.29, 0.717) is 30.5 Å². The van der Waals surface area contributed by atoms with Crippen LogP contribution in [-0.4, -0.2) is 59.9 Å². The molecule has 4 aromatic rings. The maximum absolute atomic E-state index is 13.2. The van der Waals surface area contributed by atoms with E-state index in [0.717, 1.165) is 60.5 Å². The van der Waals surface area contributed by atoms with Crippen molar-refractivity contribution >= 4 is 34.1 Å². The number of carbonyl (C=O) groups excluding carboxylic acids is 2. The molecule has 4 heterocycles. The van der Waals surface area contributed by atoms with E-state index in [-0.39, 0.29) is 17.7 Å². The van der Waals surface area contributed by atoms with Crippen LogP contribution in [-0.2, 0) is 0 Å². The van der Waals surface area contributed by atoms with Gasteiger partial charge in [-0.1, -0.05) is 36.4 Å². The number of carbonyl (C=O) groups is 2. The van der Waals surface area contributed by atoms with Crippen LogP contribution >= 0.6 is 11.3 Å². The van der Waals surface area contributed by atoms with Crippen molar-refractivity contribution in [1.82, 2.24) is 14.8 Å². The third kappa shape index (κ3) is 4.80. The SMILES string of the molecule is COc1ccccc1C1CCN(C(=O)c2csc(C3CCN(C(=O)c4cc5ccccc5o4)CC3)n2)CC1. The van der Waals surface area contributed by atoms with Crippen molar-refractivity contribution < 1.29 is 18.7 Å². The third-order valence-electron chi connectivity index (χ3n) is 7.87. The first kappa shape index (κ1) is 24.7. The van der Waals surface area contributed by atoms with Gasteiger partial charge in [-0.05, 0) is 55.4 Å². The van der Waals surface area contributed by atoms with Crippen LogP contribution in [0, 0.1) is 0 Å². The number of ether oxygens (including phenoxy) is 1. The molecule has 8 heteroatoms. The fourth-order valence-electron chi connectivity index (χ4n) is 5.71. The summed E-state index contributed by atoms with van der Waals surface area (Å²) in [4.78, 5) is 34.8. The van der Waals surface area contributed by atoms with Gasteiger partial charge in [0.2, 0.25) is 0 Å². The Morgan fingerprint density at radius 1 is 0.895 bits per heavy atom. The average molecular weight is 530 g/mol. The molecule has 2 fully saturated rings. The van der Waals surface area contributed by atoms with E-state index >= 15 is 0 Å². The van der Waals surface area contributed by atoms with Crippen LogP contribution in [0.15, 0.2) is 64.4 Å². The number of hydrogen-bond donors (Lipinski definition) is 0. The summed E-state index contributed by atoms with van der Waals surface area (Å²) in [6, 6.07) is 17.7. The molecule has 2 aliphatic heterocycles. The number of amides is 2. The van der Waals surface area contributed by atoms with Gasteiger partial charge in [-0.25, -0.2) is 4.98 Å². The molecule has 0 atom stereocenters. The van der Waals surface area contributed by atoms with E-state index in [2.05, 4.69) is 6.07 Å². The molecule has 7 nitrogen and oxygen atoms in total. The predicted molar refractivity (Wildman–Crippen MR) is 147 cm³/mol. The molecule has 0 saturated carbocycles. The minimum Gasteiger partial charge on any atom is -0.496 e. The maximum atomic E-state index is 13.2. The van der Waals surface area contributed by atoms with E-state index < -0.39 is 0 Å². The minimum absolute atomic E-state index is 0.0171. The predicted octanol–water partition coefficient (Wildman–Crippen LogP) is 5.94. The Kier molecular flexibility index (Phi) is 6.89. The van der Waals surface area contributed by atoms with E-state index in [1.165, 1.54) is 5.56 Å². The molecule has 38 heavy (non-hydrogen) atoms. The number of rotatable bonds is 5. The highest BCUT2D eigenvalue weighted by molar-refractivity contribution is 7.09. The number of furan rings is 1. The Bertz CT molecular complexity index is 1410. The number of benzene rings is 2. The van der Waals surface area contributed by atoms with Crippen LogP contribution in [0.25, 0.3) is 11.0 Å². The minimum atomic E-state index is -0.0637. The van der Waals surface area contributed by atoms with Gasteiger partial charge in [0, 0.05) is 42.9 Å². The lowest BCUT2D eigenvalue weighted by atomic mass is 9.88. The smallest absolute Gasteiger partial charge is 0.289 e. The van der Waals surface area contributed by atoms with Crippen LogP contribution in [0.3, 0.4) is 0 Å². The van der Waals surface area contributed by atoms with Crippen molar-refractivity contribution in [1.29, 1.82) is 0 Å². The zero-order valence-corrected chi connectivity index (χ0v) is 22.3. The van der Waals surface area contributed by atoms with E-state index in [1.807, 2.05) is 63.7 Å². The van der Waals surface area contributed by atoms with Gasteiger partial charge >= 0.3 is 0 Å². The molecule has 0 bridgehead atoms. The zero-order chi connectivity index (χ0) is 26.1. The van der Waals surface area contributed by atoms with Gasteiger partial charge < -0.3 is 19.0 Å². The number of fused-ring (bicyclic) bond motifs is 1. The number of thiazole rings is 1. The monoisotopic (exact) mass is 529 g/mol. The number of hydrogen-bond acceptors (Lipinski definition) is 6. The molecule has 0 unspecified atom stereocenters. The second-order valence-corrected chi connectivity index (χ2v) is 11.0. The quantitative estimate of drug-likeness (QED) is 0.320. The highest BCUT2D eigenvalue weighted by atomic mass is 32.1. The summed E-state index contributed by atoms with van der Waals surface area (Å²) in [5, 5.41) is 3.83. The molecule has 0 spiro atoms. The van der Waals surface area contributed by atoms with Gasteiger partial charge in [-0.3, -0.25) is 9.59 Å². The molecule has 2 saturated heterocycles. The Hall–Kier alpha value is -3.65. The highest BCUT2D eigenvalue weighted by Gasteiger charge is 2.30. The average Bonchev–Trinajstić information content (AvgIpc) is 3.65. The van der Waals surface area contributed by atoms with Crippen LogP contribution in [0.5, 0.6) is 5.75 Å². The number of piperidine rings is 2. The summed E-state index contributed by atoms with van der Waals surface area (Å²) in [5.74, 6) is 1.92. The molecule has 196 valence electrons. The number of para-hydroxylation sites is 2. The van der Waals surface area contributed by atoms with Gasteiger partial charge in [-0.15, -0.1) is 11.3 Å². The maximum Gasteiger partial charge on any atom is 0.289 e. The molecular weight excluding hydrogens is 498 g/mol. The lowest BCUT2D eigenvalue weighted by Crippen LogP contribution is -2.38. The molecule has 0 N–H and O–H groups in total. The first-order valence-corrected chi connectivity index (χ1v) is 14.1. The zero-order valence-electron chi connectivity index (χ0n) is 21.5. The van der Waals surface area contributed by atoms with E-state index in [1.54, 1.807) is 18.4 Å². The van der Waals surface area contributed by atoms with Crippen molar-refractivity contribution in [2.24, 2.45) is 0 Å². The van der Waals surface area contributed by atoms with Crippen LogP contribution in [0.1, 0.15) is 69.1 Å². The number of likely N-dealkylation sites (tertiary alicyclic amines) is 2. The molecule has 0 radical (unpaired) electrons. The molecule has 2 amide bonds. The largest absolute Gasteiger partial charge is 0.496 e. The van der Waals surface area contributed by atoms with E-state index in [9.17, 15) is 9.59 Å². The normalized spacial score (nSPS) is 17.2. The Balaban J connectivity index is 1.04. The highest BCUT2D eigenvalue weighted by Crippen LogP contribution is 2.35. The van der Waals surface area contributed by atoms with Crippen molar-refractivity contribution in [3.63, 3.8) is 0 Å². The summed E-state index contributed by atoms with van der Waals surface area (Å²) < 4.78 is 11.3. The van der Waals surface area contributed by atoms with Gasteiger partial charge in [0.1, 0.15) is 17.0 Å². The first-order valence-electron chi connectivity index (χ1n) is 13.3. The molecule has 6 rings (SSSR count). The van der Waals surface area contributed by atoms with Gasteiger partial charge in [-0.2, -0.15) is 0 Å². The number of methoxy groups -OCH3 is 1. The van der Waals surface area contributed by atoms with Crippen LogP contribution in [0.4, 0.5) is 0 Å². The van der Waals surface area contributed by atoms with Gasteiger partial charge in [0.25, 0.3) is 11.8 Å². The summed E-state index contributed by atoms with van der Waals surface area (Å²) >= 11 is 1.56. The molecule has 2 aliphatic rings. The van der Waals surface area contributed by atoms with Crippen LogP contribution in [0.2, 0.25) is 0 Å². The topological polar surface area (TPSA) is 75.9 Å². The molecule has 2 aromatic heterocycles. The summed E-state index contributed by atoms with van der Waals surface area (Å²) in [5.41, 5.74) is 2.50. The van der Waals surface area contributed by atoms with Gasteiger partial charge in [0.15, 0.2) is 5.76 Å². The van der Waals surface area contributed by atoms with Crippen molar-refractivity contribution in [2.45, 2.75) is 37.5 Å². The standard InChI is InChI=1S/C30H31N3O4S/c1-36-26-9-5-3-7-23(26)20-10-14-32(15-11-20)29(34)24-19-38-28(31-24)21-12-16-33(17-13-21)30(35)27-18-22-6-2-4-8-25(22)37-27/h2-9,18-21H,10-17H2,1H3. The molecule has 0 aliphatic carbocycles. The fraction of sp³-hybridized carbons (Fsp3) is 0.367. The van der Waals surface area contributed by atoms with Crippen LogP contribution < -0.4 is 4.74 Å². The Labute approximate surface area is 226 Å². The van der Waals surface area contributed by atoms with E-state index in [4.69, 9.17) is 14.1 Å². The molecule has 2 aromatic carbocycles. The second kappa shape index (κ2) is 10.6. The summed E-state index contributed by atoms with van der Waals surface area (Å²) in [6.07, 6.45) is 3.50. The summed E-state index contributed by atoms with van der Waals surface area (Å²) in [6.45, 7) is 2.74. The lowest BCUT2D eigenvalue weighted by Gasteiger charge is -2.32. The van der Waals surface area contributed by atoms with Crippen molar-refractivity contribution in [2.75, 3.05) is 33.3 Å². The number of nitrogens with zero attached hydrogens (tertiary/aromatic N) is 3. The van der Waals surface area contributed by atoms with Crippen molar-refractivity contribution in [3.05, 3.63) is 82.0 Å². The third-order valence-corrected chi connectivity index (χ3v) is 8.88. The van der Waals surface area contributed by atoms with Gasteiger partial charge in [0.05, 0.1) is 12.1 Å². The number of aromatic nitrogens is 1. The summed E-state index contributed by atoms with van der Waals surface area (Å²) in [7, 11) is 1.71. The Morgan fingerprint density at radius 3 is 2.29 bits per heavy atom.